The van der Waals surface area contributed by atoms with E-state index in [1.165, 1.54) is 0 Å². The summed E-state index contributed by atoms with van der Waals surface area (Å²) in [6, 6.07) is 5.71. The Hall–Kier alpha value is -1.26. The Bertz CT molecular complexity index is 389. The molecule has 0 spiro atoms. The molecule has 102 valence electrons. The molecule has 0 radical (unpaired) electrons. The van der Waals surface area contributed by atoms with E-state index in [4.69, 9.17) is 9.47 Å². The molecule has 1 aromatic carbocycles. The molecular formula is C14H23NO3. The van der Waals surface area contributed by atoms with E-state index in [9.17, 15) is 5.11 Å². The normalized spacial score (nSPS) is 13.2. The third-order valence-electron chi connectivity index (χ3n) is 3.27. The number of rotatable bonds is 6. The van der Waals surface area contributed by atoms with Gasteiger partial charge < -0.3 is 19.9 Å². The molecule has 18 heavy (non-hydrogen) atoms. The van der Waals surface area contributed by atoms with E-state index in [0.717, 1.165) is 17.1 Å². The van der Waals surface area contributed by atoms with Gasteiger partial charge in [-0.3, -0.25) is 0 Å². The Morgan fingerprint density at radius 1 is 1.28 bits per heavy atom. The van der Waals surface area contributed by atoms with Crippen LogP contribution in [0.15, 0.2) is 18.2 Å². The molecule has 1 atom stereocenters. The summed E-state index contributed by atoms with van der Waals surface area (Å²) in [5, 5.41) is 13.0. The number of methoxy groups -OCH3 is 2. The van der Waals surface area contributed by atoms with Gasteiger partial charge in [0.25, 0.3) is 0 Å². The average Bonchev–Trinajstić information content (AvgIpc) is 2.35. The van der Waals surface area contributed by atoms with Gasteiger partial charge in [-0.25, -0.2) is 0 Å². The van der Waals surface area contributed by atoms with Crippen LogP contribution in [0, 0.1) is 0 Å². The van der Waals surface area contributed by atoms with Gasteiger partial charge in [-0.1, -0.05) is 6.07 Å². The fraction of sp³-hybridized carbons (Fsp3) is 0.571. The summed E-state index contributed by atoms with van der Waals surface area (Å²) in [6.07, 6.45) is -0.429. The third kappa shape index (κ3) is 3.62. The molecule has 1 aromatic rings. The number of ether oxygens (including phenoxy) is 2. The maximum Gasteiger partial charge on any atom is 0.127 e. The molecule has 1 rings (SSSR count). The minimum atomic E-state index is -0.429. The monoisotopic (exact) mass is 253 g/mol. The van der Waals surface area contributed by atoms with Crippen molar-refractivity contribution in [3.63, 3.8) is 0 Å². The molecule has 0 bridgehead atoms. The van der Waals surface area contributed by atoms with Gasteiger partial charge in [-0.2, -0.15) is 0 Å². The van der Waals surface area contributed by atoms with Crippen molar-refractivity contribution in [2.24, 2.45) is 0 Å². The van der Waals surface area contributed by atoms with Gasteiger partial charge in [0.05, 0.1) is 20.3 Å². The third-order valence-corrected chi connectivity index (χ3v) is 3.27. The highest BCUT2D eigenvalue weighted by Crippen LogP contribution is 2.25. The van der Waals surface area contributed by atoms with Crippen LogP contribution in [0.2, 0.25) is 0 Å². The predicted octanol–water partition coefficient (Wildman–Crippen LogP) is 1.95. The molecule has 0 amide bonds. The lowest BCUT2D eigenvalue weighted by atomic mass is 9.98. The van der Waals surface area contributed by atoms with Crippen molar-refractivity contribution in [2.75, 3.05) is 14.2 Å². The first-order chi connectivity index (χ1) is 8.40. The largest absolute Gasteiger partial charge is 0.497 e. The van der Waals surface area contributed by atoms with Crippen molar-refractivity contribution in [3.05, 3.63) is 23.8 Å². The van der Waals surface area contributed by atoms with Gasteiger partial charge in [-0.15, -0.1) is 0 Å². The highest BCUT2D eigenvalue weighted by Gasteiger charge is 2.23. The van der Waals surface area contributed by atoms with Crippen LogP contribution in [0.4, 0.5) is 0 Å². The van der Waals surface area contributed by atoms with Gasteiger partial charge in [0.15, 0.2) is 0 Å². The second-order valence-electron chi connectivity index (χ2n) is 4.93. The highest BCUT2D eigenvalue weighted by atomic mass is 16.5. The predicted molar refractivity (Wildman–Crippen MR) is 72.1 cm³/mol. The Morgan fingerprint density at radius 2 is 1.94 bits per heavy atom. The Balaban J connectivity index is 2.79. The maximum absolute atomic E-state index is 9.65. The first-order valence-corrected chi connectivity index (χ1v) is 6.04. The lowest BCUT2D eigenvalue weighted by Crippen LogP contribution is -2.47. The van der Waals surface area contributed by atoms with Crippen LogP contribution in [0.3, 0.4) is 0 Å². The second kappa shape index (κ2) is 6.07. The van der Waals surface area contributed by atoms with E-state index < -0.39 is 6.10 Å². The SMILES string of the molecule is COc1ccc(CNC(C)(C)C(C)O)c(OC)c1. The van der Waals surface area contributed by atoms with E-state index in [1.807, 2.05) is 32.0 Å². The summed E-state index contributed by atoms with van der Waals surface area (Å²) in [4.78, 5) is 0. The van der Waals surface area contributed by atoms with Crippen molar-refractivity contribution in [1.29, 1.82) is 0 Å². The van der Waals surface area contributed by atoms with Crippen LogP contribution in [-0.4, -0.2) is 31.0 Å². The van der Waals surface area contributed by atoms with Crippen molar-refractivity contribution in [2.45, 2.75) is 39.0 Å². The Labute approximate surface area is 109 Å². The van der Waals surface area contributed by atoms with Crippen LogP contribution in [-0.2, 0) is 6.54 Å². The summed E-state index contributed by atoms with van der Waals surface area (Å²) in [5.41, 5.74) is 0.692. The van der Waals surface area contributed by atoms with E-state index in [2.05, 4.69) is 5.32 Å². The van der Waals surface area contributed by atoms with Gasteiger partial charge in [0.1, 0.15) is 11.5 Å². The van der Waals surface area contributed by atoms with Crippen LogP contribution < -0.4 is 14.8 Å². The smallest absolute Gasteiger partial charge is 0.127 e. The number of aliphatic hydroxyl groups excluding tert-OH is 1. The fourth-order valence-corrected chi connectivity index (χ4v) is 1.47. The second-order valence-corrected chi connectivity index (χ2v) is 4.93. The van der Waals surface area contributed by atoms with Gasteiger partial charge in [0.2, 0.25) is 0 Å². The van der Waals surface area contributed by atoms with Crippen molar-refractivity contribution < 1.29 is 14.6 Å². The molecule has 0 aliphatic heterocycles. The van der Waals surface area contributed by atoms with Crippen molar-refractivity contribution >= 4 is 0 Å². The topological polar surface area (TPSA) is 50.7 Å². The van der Waals surface area contributed by atoms with Crippen LogP contribution >= 0.6 is 0 Å². The fourth-order valence-electron chi connectivity index (χ4n) is 1.47. The van der Waals surface area contributed by atoms with Crippen LogP contribution in [0.5, 0.6) is 11.5 Å². The van der Waals surface area contributed by atoms with Gasteiger partial charge in [-0.05, 0) is 26.8 Å². The first kappa shape index (κ1) is 14.8. The molecule has 4 heteroatoms. The maximum atomic E-state index is 9.65. The number of nitrogens with one attached hydrogen (secondary N) is 1. The van der Waals surface area contributed by atoms with E-state index in [-0.39, 0.29) is 5.54 Å². The summed E-state index contributed by atoms with van der Waals surface area (Å²) < 4.78 is 10.5. The Morgan fingerprint density at radius 3 is 2.44 bits per heavy atom. The zero-order chi connectivity index (χ0) is 13.8. The molecular weight excluding hydrogens is 230 g/mol. The van der Waals surface area contributed by atoms with E-state index >= 15 is 0 Å². The van der Waals surface area contributed by atoms with Crippen LogP contribution in [0.1, 0.15) is 26.3 Å². The molecule has 0 aliphatic carbocycles. The number of hydrogen-bond acceptors (Lipinski definition) is 4. The minimum absolute atomic E-state index is 0.342. The molecule has 0 heterocycles. The molecule has 4 nitrogen and oxygen atoms in total. The molecule has 1 unspecified atom stereocenters. The van der Waals surface area contributed by atoms with Crippen molar-refractivity contribution in [3.8, 4) is 11.5 Å². The van der Waals surface area contributed by atoms with Crippen LogP contribution in [0.25, 0.3) is 0 Å². The summed E-state index contributed by atoms with van der Waals surface area (Å²) in [7, 11) is 3.27. The molecule has 0 fully saturated rings. The zero-order valence-corrected chi connectivity index (χ0v) is 11.8. The summed E-state index contributed by atoms with van der Waals surface area (Å²) in [5.74, 6) is 1.55. The van der Waals surface area contributed by atoms with Crippen molar-refractivity contribution in [1.82, 2.24) is 5.32 Å². The van der Waals surface area contributed by atoms with Gasteiger partial charge in [0, 0.05) is 23.7 Å². The molecule has 0 saturated carbocycles. The quantitative estimate of drug-likeness (QED) is 0.813. The molecule has 2 N–H and O–H groups in total. The minimum Gasteiger partial charge on any atom is -0.497 e. The van der Waals surface area contributed by atoms with E-state index in [1.54, 1.807) is 21.1 Å². The van der Waals surface area contributed by atoms with Gasteiger partial charge >= 0.3 is 0 Å². The number of hydrogen-bond donors (Lipinski definition) is 2. The first-order valence-electron chi connectivity index (χ1n) is 6.04. The lowest BCUT2D eigenvalue weighted by molar-refractivity contribution is 0.0955. The molecule has 0 saturated heterocycles. The molecule has 0 aliphatic rings. The molecule has 0 aromatic heterocycles. The average molecular weight is 253 g/mol. The summed E-state index contributed by atoms with van der Waals surface area (Å²) >= 11 is 0. The summed E-state index contributed by atoms with van der Waals surface area (Å²) in [6.45, 7) is 6.34. The highest BCUT2D eigenvalue weighted by molar-refractivity contribution is 5.40. The zero-order valence-electron chi connectivity index (χ0n) is 11.8. The standard InChI is InChI=1S/C14H23NO3/c1-10(16)14(2,3)15-9-11-6-7-12(17-4)8-13(11)18-5/h6-8,10,15-16H,9H2,1-5H3. The Kier molecular flexibility index (Phi) is 4.99. The van der Waals surface area contributed by atoms with E-state index in [0.29, 0.717) is 6.54 Å². The number of aliphatic hydroxyl groups is 1. The number of benzene rings is 1. The lowest BCUT2D eigenvalue weighted by Gasteiger charge is -2.29.